The first-order valence-corrected chi connectivity index (χ1v) is 8.96. The fourth-order valence-corrected chi connectivity index (χ4v) is 3.09. The second-order valence-electron chi connectivity index (χ2n) is 6.27. The minimum atomic E-state index is -0.319. The molecule has 7 heteroatoms. The van der Waals surface area contributed by atoms with E-state index >= 15 is 0 Å². The van der Waals surface area contributed by atoms with Crippen LogP contribution >= 0.6 is 11.6 Å². The smallest absolute Gasteiger partial charge is 0.291 e. The average Bonchev–Trinajstić information content (AvgIpc) is 3.32. The molecule has 1 N–H and O–H groups in total. The van der Waals surface area contributed by atoms with E-state index in [2.05, 4.69) is 15.5 Å². The van der Waals surface area contributed by atoms with Crippen molar-refractivity contribution < 1.29 is 9.21 Å². The summed E-state index contributed by atoms with van der Waals surface area (Å²) in [5, 5.41) is 13.3. The fraction of sp³-hybridized carbons (Fsp3) is 0. The van der Waals surface area contributed by atoms with Crippen LogP contribution in [0.2, 0.25) is 5.02 Å². The Morgan fingerprint density at radius 3 is 2.54 bits per heavy atom. The van der Waals surface area contributed by atoms with Gasteiger partial charge in [-0.15, -0.1) is 10.2 Å². The van der Waals surface area contributed by atoms with Gasteiger partial charge in [0.25, 0.3) is 5.91 Å². The molecule has 136 valence electrons. The van der Waals surface area contributed by atoms with Gasteiger partial charge in [0.1, 0.15) is 16.6 Å². The van der Waals surface area contributed by atoms with Crippen molar-refractivity contribution in [3.63, 3.8) is 0 Å². The molecule has 2 aromatic heterocycles. The van der Waals surface area contributed by atoms with Crippen molar-refractivity contribution in [2.75, 3.05) is 5.32 Å². The molecule has 0 unspecified atom stereocenters. The fourth-order valence-electron chi connectivity index (χ4n) is 2.97. The molecule has 2 heterocycles. The third-order valence-electron chi connectivity index (χ3n) is 4.35. The first-order chi connectivity index (χ1) is 13.7. The molecule has 0 bridgehead atoms. The highest BCUT2D eigenvalue weighted by Gasteiger charge is 2.13. The number of rotatable bonds is 3. The number of para-hydroxylation sites is 1. The van der Waals surface area contributed by atoms with Crippen LogP contribution in [0.3, 0.4) is 0 Å². The maximum atomic E-state index is 12.5. The maximum absolute atomic E-state index is 12.5. The normalized spacial score (nSPS) is 11.2. The summed E-state index contributed by atoms with van der Waals surface area (Å²) in [5.74, 6) is -0.0632. The van der Waals surface area contributed by atoms with Gasteiger partial charge in [0.05, 0.1) is 5.69 Å². The van der Waals surface area contributed by atoms with Crippen molar-refractivity contribution in [2.45, 2.75) is 0 Å². The van der Waals surface area contributed by atoms with E-state index in [9.17, 15) is 4.79 Å². The molecule has 0 aliphatic heterocycles. The zero-order chi connectivity index (χ0) is 19.1. The summed E-state index contributed by atoms with van der Waals surface area (Å²) in [6.07, 6.45) is 0. The number of benzene rings is 3. The number of hydrogen-bond donors (Lipinski definition) is 1. The molecule has 0 atom stereocenters. The molecule has 0 saturated carbocycles. The van der Waals surface area contributed by atoms with Gasteiger partial charge in [-0.05, 0) is 54.6 Å². The summed E-state index contributed by atoms with van der Waals surface area (Å²) >= 11 is 5.93. The van der Waals surface area contributed by atoms with Crippen molar-refractivity contribution in [2.24, 2.45) is 0 Å². The van der Waals surface area contributed by atoms with Gasteiger partial charge in [0, 0.05) is 16.1 Å². The molecular formula is C21H13ClN4O2. The van der Waals surface area contributed by atoms with Crippen LogP contribution in [0.5, 0.6) is 0 Å². The Balaban J connectivity index is 1.42. The quantitative estimate of drug-likeness (QED) is 0.468. The van der Waals surface area contributed by atoms with Crippen molar-refractivity contribution in [1.29, 1.82) is 0 Å². The molecule has 6 nitrogen and oxygen atoms in total. The molecule has 0 saturated heterocycles. The summed E-state index contributed by atoms with van der Waals surface area (Å²) in [5.41, 5.74) is 3.47. The van der Waals surface area contributed by atoms with Gasteiger partial charge >= 0.3 is 0 Å². The van der Waals surface area contributed by atoms with Crippen molar-refractivity contribution in [1.82, 2.24) is 15.0 Å². The number of carbonyl (C=O) groups excluding carboxylic acids is 1. The average molecular weight is 389 g/mol. The minimum Gasteiger partial charge on any atom is -0.451 e. The molecule has 0 fully saturated rings. The molecule has 0 aliphatic rings. The highest BCUT2D eigenvalue weighted by atomic mass is 35.5. The molecule has 0 spiro atoms. The number of anilines is 1. The predicted molar refractivity (Wildman–Crippen MR) is 108 cm³/mol. The van der Waals surface area contributed by atoms with Gasteiger partial charge in [-0.2, -0.15) is 4.80 Å². The molecule has 5 aromatic rings. The lowest BCUT2D eigenvalue weighted by molar-refractivity contribution is 0.0998. The van der Waals surface area contributed by atoms with Gasteiger partial charge < -0.3 is 9.73 Å². The molecular weight excluding hydrogens is 376 g/mol. The summed E-state index contributed by atoms with van der Waals surface area (Å²) in [6.45, 7) is 0. The minimum absolute atomic E-state index is 0.256. The highest BCUT2D eigenvalue weighted by Crippen LogP contribution is 2.22. The zero-order valence-electron chi connectivity index (χ0n) is 14.5. The summed E-state index contributed by atoms with van der Waals surface area (Å²) in [4.78, 5) is 14.1. The second-order valence-corrected chi connectivity index (χ2v) is 6.71. The molecule has 5 rings (SSSR count). The van der Waals surface area contributed by atoms with Crippen LogP contribution in [0.25, 0.3) is 27.7 Å². The van der Waals surface area contributed by atoms with E-state index in [1.54, 1.807) is 30.3 Å². The summed E-state index contributed by atoms with van der Waals surface area (Å²) < 4.78 is 5.61. The summed E-state index contributed by atoms with van der Waals surface area (Å²) in [7, 11) is 0. The lowest BCUT2D eigenvalue weighted by atomic mass is 10.2. The van der Waals surface area contributed by atoms with Crippen molar-refractivity contribution >= 4 is 45.2 Å². The Morgan fingerprint density at radius 1 is 0.929 bits per heavy atom. The summed E-state index contributed by atoms with van der Waals surface area (Å²) in [6, 6.07) is 21.8. The van der Waals surface area contributed by atoms with Gasteiger partial charge in [0.2, 0.25) is 0 Å². The van der Waals surface area contributed by atoms with E-state index in [1.807, 2.05) is 42.5 Å². The number of amides is 1. The Morgan fingerprint density at radius 2 is 1.71 bits per heavy atom. The topological polar surface area (TPSA) is 73.0 Å². The van der Waals surface area contributed by atoms with E-state index in [4.69, 9.17) is 16.0 Å². The van der Waals surface area contributed by atoms with Crippen LogP contribution in [-0.4, -0.2) is 20.9 Å². The molecule has 3 aromatic carbocycles. The van der Waals surface area contributed by atoms with Gasteiger partial charge in [-0.1, -0.05) is 29.8 Å². The Hall–Kier alpha value is -3.64. The van der Waals surface area contributed by atoms with Crippen LogP contribution in [0.4, 0.5) is 5.69 Å². The van der Waals surface area contributed by atoms with E-state index in [1.165, 1.54) is 4.80 Å². The van der Waals surface area contributed by atoms with Gasteiger partial charge in [-0.3, -0.25) is 4.79 Å². The van der Waals surface area contributed by atoms with Gasteiger partial charge in [-0.25, -0.2) is 0 Å². The number of hydrogen-bond acceptors (Lipinski definition) is 4. The van der Waals surface area contributed by atoms with Crippen LogP contribution in [-0.2, 0) is 0 Å². The SMILES string of the molecule is O=C(Nc1ccc2nn(-c3ccc(Cl)cc3)nc2c1)c1cc2ccccc2o1. The molecule has 0 radical (unpaired) electrons. The molecule has 28 heavy (non-hydrogen) atoms. The number of nitrogens with zero attached hydrogens (tertiary/aromatic N) is 3. The Labute approximate surface area is 164 Å². The third kappa shape index (κ3) is 3.00. The first kappa shape index (κ1) is 16.5. The third-order valence-corrected chi connectivity index (χ3v) is 4.60. The monoisotopic (exact) mass is 388 g/mol. The molecule has 0 aliphatic carbocycles. The first-order valence-electron chi connectivity index (χ1n) is 8.59. The van der Waals surface area contributed by atoms with Crippen LogP contribution in [0.1, 0.15) is 10.6 Å². The molecule has 1 amide bonds. The lowest BCUT2D eigenvalue weighted by Crippen LogP contribution is -2.10. The lowest BCUT2D eigenvalue weighted by Gasteiger charge is -2.02. The number of carbonyl (C=O) groups is 1. The second kappa shape index (κ2) is 6.51. The maximum Gasteiger partial charge on any atom is 0.291 e. The van der Waals surface area contributed by atoms with Crippen molar-refractivity contribution in [3.8, 4) is 5.69 Å². The van der Waals surface area contributed by atoms with Crippen LogP contribution in [0.15, 0.2) is 77.2 Å². The number of halogens is 1. The highest BCUT2D eigenvalue weighted by molar-refractivity contribution is 6.30. The van der Waals surface area contributed by atoms with Gasteiger partial charge in [0.15, 0.2) is 5.76 Å². The number of furan rings is 1. The number of nitrogens with one attached hydrogen (secondary N) is 1. The predicted octanol–water partition coefficient (Wildman–Crippen LogP) is 5.07. The van der Waals surface area contributed by atoms with E-state index in [0.717, 1.165) is 16.6 Å². The van der Waals surface area contributed by atoms with E-state index in [-0.39, 0.29) is 11.7 Å². The van der Waals surface area contributed by atoms with Crippen LogP contribution < -0.4 is 5.32 Å². The number of fused-ring (bicyclic) bond motifs is 2. The van der Waals surface area contributed by atoms with Crippen molar-refractivity contribution in [3.05, 3.63) is 83.6 Å². The Bertz CT molecular complexity index is 1290. The van der Waals surface area contributed by atoms with E-state index < -0.39 is 0 Å². The standard InChI is InChI=1S/C21H13ClN4O2/c22-14-5-8-16(9-6-14)26-24-17-10-7-15(12-18(17)25-26)23-21(27)20-11-13-3-1-2-4-19(13)28-20/h1-12H,(H,23,27). The largest absolute Gasteiger partial charge is 0.451 e. The van der Waals surface area contributed by atoms with Crippen LogP contribution in [0, 0.1) is 0 Å². The Kier molecular flexibility index (Phi) is 3.84. The van der Waals surface area contributed by atoms with E-state index in [0.29, 0.717) is 21.8 Å². The zero-order valence-corrected chi connectivity index (χ0v) is 15.2. The number of aromatic nitrogens is 3.